The maximum Gasteiger partial charge on any atom is 0.243 e. The van der Waals surface area contributed by atoms with Crippen molar-refractivity contribution in [1.82, 2.24) is 4.31 Å². The average molecular weight is 428 g/mol. The predicted molar refractivity (Wildman–Crippen MR) is 117 cm³/mol. The molecule has 2 atom stereocenters. The van der Waals surface area contributed by atoms with E-state index in [0.29, 0.717) is 18.8 Å². The Balaban J connectivity index is 1.59. The van der Waals surface area contributed by atoms with E-state index in [4.69, 9.17) is 11.2 Å². The van der Waals surface area contributed by atoms with Gasteiger partial charge in [-0.15, -0.1) is 6.42 Å². The monoisotopic (exact) mass is 427 g/mol. The van der Waals surface area contributed by atoms with Crippen LogP contribution in [0.15, 0.2) is 53.4 Å². The Morgan fingerprint density at radius 1 is 1.13 bits per heavy atom. The van der Waals surface area contributed by atoms with Crippen LogP contribution in [0.3, 0.4) is 0 Å². The zero-order valence-corrected chi connectivity index (χ0v) is 17.8. The fraction of sp³-hybridized carbons (Fsp3) is 0.318. The summed E-state index contributed by atoms with van der Waals surface area (Å²) in [6.07, 6.45) is 5.06. The van der Waals surface area contributed by atoms with Crippen LogP contribution in [-0.2, 0) is 19.6 Å². The average Bonchev–Trinajstić information content (AvgIpc) is 2.72. The highest BCUT2D eigenvalue weighted by molar-refractivity contribution is 7.89. The minimum atomic E-state index is -3.61. The predicted octanol–water partition coefficient (Wildman–Crippen LogP) is 2.52. The molecule has 0 aromatic heterocycles. The molecule has 1 saturated heterocycles. The summed E-state index contributed by atoms with van der Waals surface area (Å²) in [7, 11) is -3.61. The van der Waals surface area contributed by atoms with Gasteiger partial charge in [-0.3, -0.25) is 4.79 Å². The number of terminal acetylenes is 1. The fourth-order valence-electron chi connectivity index (χ4n) is 3.29. The van der Waals surface area contributed by atoms with Crippen LogP contribution >= 0.6 is 0 Å². The summed E-state index contributed by atoms with van der Waals surface area (Å²) in [5.74, 6) is 2.28. The molecule has 1 aliphatic heterocycles. The summed E-state index contributed by atoms with van der Waals surface area (Å²) in [5, 5.41) is 5.75. The normalized spacial score (nSPS) is 19.6. The smallest absolute Gasteiger partial charge is 0.243 e. The van der Waals surface area contributed by atoms with E-state index in [9.17, 15) is 13.2 Å². The molecule has 0 saturated carbocycles. The minimum absolute atomic E-state index is 0.0532. The molecule has 2 aromatic carbocycles. The molecule has 3 rings (SSSR count). The molecule has 30 heavy (non-hydrogen) atoms. The first-order valence-corrected chi connectivity index (χ1v) is 11.1. The summed E-state index contributed by atoms with van der Waals surface area (Å²) in [5.41, 5.74) is 1.99. The van der Waals surface area contributed by atoms with E-state index < -0.39 is 10.0 Å². The van der Waals surface area contributed by atoms with Crippen LogP contribution in [0.2, 0.25) is 0 Å². The molecule has 1 heterocycles. The highest BCUT2D eigenvalue weighted by atomic mass is 32.2. The number of amides is 1. The second-order valence-electron chi connectivity index (χ2n) is 7.23. The van der Waals surface area contributed by atoms with Crippen molar-refractivity contribution >= 4 is 27.3 Å². The largest absolute Gasteiger partial charge is 0.376 e. The number of ether oxygens (including phenoxy) is 1. The SMILES string of the molecule is C#Cc1cccc(NCC(=O)Nc2ccc(S(=O)(=O)N3CC(C)OC(C)C3)cc2)c1. The molecule has 0 radical (unpaired) electrons. The topological polar surface area (TPSA) is 87.7 Å². The summed E-state index contributed by atoms with van der Waals surface area (Å²) < 4.78 is 32.8. The van der Waals surface area contributed by atoms with E-state index in [1.165, 1.54) is 16.4 Å². The zero-order valence-electron chi connectivity index (χ0n) is 17.0. The lowest BCUT2D eigenvalue weighted by Crippen LogP contribution is -2.48. The van der Waals surface area contributed by atoms with Crippen molar-refractivity contribution in [3.63, 3.8) is 0 Å². The maximum atomic E-state index is 12.9. The third kappa shape index (κ3) is 5.39. The minimum Gasteiger partial charge on any atom is -0.376 e. The van der Waals surface area contributed by atoms with Gasteiger partial charge < -0.3 is 15.4 Å². The maximum absolute atomic E-state index is 12.9. The molecule has 7 nitrogen and oxygen atoms in total. The summed E-state index contributed by atoms with van der Waals surface area (Å²) in [6, 6.07) is 13.4. The van der Waals surface area contributed by atoms with Crippen LogP contribution in [0, 0.1) is 12.3 Å². The Labute approximate surface area is 177 Å². The second kappa shape index (κ2) is 9.30. The van der Waals surface area contributed by atoms with Crippen LogP contribution in [0.25, 0.3) is 0 Å². The fourth-order valence-corrected chi connectivity index (χ4v) is 4.88. The number of benzene rings is 2. The molecule has 8 heteroatoms. The van der Waals surface area contributed by atoms with Gasteiger partial charge >= 0.3 is 0 Å². The van der Waals surface area contributed by atoms with Gasteiger partial charge in [0.05, 0.1) is 23.6 Å². The van der Waals surface area contributed by atoms with Crippen molar-refractivity contribution in [2.75, 3.05) is 30.3 Å². The number of morpholine rings is 1. The number of sulfonamides is 1. The van der Waals surface area contributed by atoms with Crippen molar-refractivity contribution in [2.45, 2.75) is 31.0 Å². The van der Waals surface area contributed by atoms with Gasteiger partial charge in [0.25, 0.3) is 0 Å². The Morgan fingerprint density at radius 3 is 2.43 bits per heavy atom. The van der Waals surface area contributed by atoms with Crippen LogP contribution < -0.4 is 10.6 Å². The van der Waals surface area contributed by atoms with Gasteiger partial charge in [0.15, 0.2) is 0 Å². The van der Waals surface area contributed by atoms with Crippen molar-refractivity contribution in [3.05, 3.63) is 54.1 Å². The molecule has 0 aliphatic carbocycles. The van der Waals surface area contributed by atoms with Gasteiger partial charge in [-0.1, -0.05) is 12.0 Å². The van der Waals surface area contributed by atoms with Crippen LogP contribution in [0.5, 0.6) is 0 Å². The summed E-state index contributed by atoms with van der Waals surface area (Å²) in [6.45, 7) is 4.40. The van der Waals surface area contributed by atoms with Crippen molar-refractivity contribution in [2.24, 2.45) is 0 Å². The van der Waals surface area contributed by atoms with Crippen LogP contribution in [0.4, 0.5) is 11.4 Å². The molecular formula is C22H25N3O4S. The molecule has 0 bridgehead atoms. The van der Waals surface area contributed by atoms with Gasteiger partial charge in [0.2, 0.25) is 15.9 Å². The van der Waals surface area contributed by atoms with E-state index in [1.807, 2.05) is 26.0 Å². The van der Waals surface area contributed by atoms with Gasteiger partial charge in [0, 0.05) is 30.0 Å². The second-order valence-corrected chi connectivity index (χ2v) is 9.17. The molecule has 1 amide bonds. The summed E-state index contributed by atoms with van der Waals surface area (Å²) in [4.78, 5) is 12.4. The van der Waals surface area contributed by atoms with Crippen LogP contribution in [0.1, 0.15) is 19.4 Å². The number of rotatable bonds is 6. The molecule has 1 aliphatic rings. The Bertz CT molecular complexity index is 1030. The van der Waals surface area contributed by atoms with Crippen molar-refractivity contribution < 1.29 is 17.9 Å². The van der Waals surface area contributed by atoms with E-state index in [1.54, 1.807) is 24.3 Å². The number of anilines is 2. The number of carbonyl (C=O) groups excluding carboxylic acids is 1. The molecule has 2 unspecified atom stereocenters. The molecule has 1 fully saturated rings. The van der Waals surface area contributed by atoms with Crippen LogP contribution in [-0.4, -0.2) is 50.5 Å². The van der Waals surface area contributed by atoms with E-state index >= 15 is 0 Å². The lowest BCUT2D eigenvalue weighted by molar-refractivity contribution is -0.114. The van der Waals surface area contributed by atoms with Gasteiger partial charge in [-0.05, 0) is 56.3 Å². The standard InChI is InChI=1S/C22H25N3O4S/c1-4-18-6-5-7-20(12-18)23-13-22(26)24-19-8-10-21(11-9-19)30(27,28)25-14-16(2)29-17(3)15-25/h1,5-12,16-17,23H,13-15H2,2-3H3,(H,24,26). The van der Waals surface area contributed by atoms with Crippen molar-refractivity contribution in [3.8, 4) is 12.3 Å². The summed E-state index contributed by atoms with van der Waals surface area (Å²) >= 11 is 0. The molecule has 2 N–H and O–H groups in total. The van der Waals surface area contributed by atoms with E-state index in [-0.39, 0.29) is 29.6 Å². The third-order valence-electron chi connectivity index (χ3n) is 4.64. The number of carbonyl (C=O) groups is 1. The van der Waals surface area contributed by atoms with Gasteiger partial charge in [-0.2, -0.15) is 4.31 Å². The highest BCUT2D eigenvalue weighted by Gasteiger charge is 2.32. The quantitative estimate of drug-likeness (QED) is 0.692. The molecule has 158 valence electrons. The van der Waals surface area contributed by atoms with E-state index in [0.717, 1.165) is 11.3 Å². The zero-order chi connectivity index (χ0) is 21.7. The Kier molecular flexibility index (Phi) is 6.77. The number of hydrogen-bond donors (Lipinski definition) is 2. The Hall–Kier alpha value is -2.86. The van der Waals surface area contributed by atoms with Gasteiger partial charge in [0.1, 0.15) is 0 Å². The number of hydrogen-bond acceptors (Lipinski definition) is 5. The Morgan fingerprint density at radius 2 is 1.80 bits per heavy atom. The van der Waals surface area contributed by atoms with Crippen molar-refractivity contribution in [1.29, 1.82) is 0 Å². The number of nitrogens with one attached hydrogen (secondary N) is 2. The number of nitrogens with zero attached hydrogens (tertiary/aromatic N) is 1. The third-order valence-corrected chi connectivity index (χ3v) is 6.49. The van der Waals surface area contributed by atoms with Gasteiger partial charge in [-0.25, -0.2) is 8.42 Å². The molecule has 0 spiro atoms. The lowest BCUT2D eigenvalue weighted by atomic mass is 10.2. The highest BCUT2D eigenvalue weighted by Crippen LogP contribution is 2.22. The molecule has 2 aromatic rings. The first-order valence-electron chi connectivity index (χ1n) is 9.64. The van der Waals surface area contributed by atoms with E-state index in [2.05, 4.69) is 16.6 Å². The first kappa shape index (κ1) is 21.8. The molecular weight excluding hydrogens is 402 g/mol. The first-order chi connectivity index (χ1) is 14.3. The lowest BCUT2D eigenvalue weighted by Gasteiger charge is -2.34.